The number of hydrogen-bond acceptors (Lipinski definition) is 2. The second-order valence-corrected chi connectivity index (χ2v) is 6.87. The summed E-state index contributed by atoms with van der Waals surface area (Å²) in [5.74, 6) is 0.408. The number of thioether (sulfide) groups is 1. The van der Waals surface area contributed by atoms with Gasteiger partial charge in [-0.05, 0) is 24.3 Å². The van der Waals surface area contributed by atoms with Gasteiger partial charge in [0.25, 0.3) is 0 Å². The summed E-state index contributed by atoms with van der Waals surface area (Å²) in [6.07, 6.45) is 0.591. The first-order valence-corrected chi connectivity index (χ1v) is 6.95. The summed E-state index contributed by atoms with van der Waals surface area (Å²) >= 11 is 0.0845. The van der Waals surface area contributed by atoms with Gasteiger partial charge in [-0.2, -0.15) is 13.2 Å². The van der Waals surface area contributed by atoms with E-state index in [2.05, 4.69) is 26.1 Å². The summed E-state index contributed by atoms with van der Waals surface area (Å²) in [7, 11) is 0. The molecule has 0 saturated heterocycles. The summed E-state index contributed by atoms with van der Waals surface area (Å²) in [5.41, 5.74) is -4.07. The quantitative estimate of drug-likeness (QED) is 0.773. The lowest BCUT2D eigenvalue weighted by Crippen LogP contribution is -2.35. The predicted molar refractivity (Wildman–Crippen MR) is 69.2 cm³/mol. The van der Waals surface area contributed by atoms with Gasteiger partial charge in [-0.3, -0.25) is 0 Å². The van der Waals surface area contributed by atoms with Crippen LogP contribution in [0.2, 0.25) is 0 Å². The molecule has 0 heterocycles. The molecule has 1 unspecified atom stereocenters. The Balaban J connectivity index is 4.13. The van der Waals surface area contributed by atoms with E-state index in [-0.39, 0.29) is 28.8 Å². The molecule has 1 nitrogen and oxygen atoms in total. The highest BCUT2D eigenvalue weighted by atomic mass is 32.2. The van der Waals surface area contributed by atoms with E-state index in [1.807, 2.05) is 13.8 Å². The molecule has 104 valence electrons. The van der Waals surface area contributed by atoms with Crippen LogP contribution in [-0.2, 0) is 0 Å². The normalized spacial score (nSPS) is 15.4. The van der Waals surface area contributed by atoms with Crippen LogP contribution < -0.4 is 5.32 Å². The van der Waals surface area contributed by atoms with Crippen molar-refractivity contribution in [1.82, 2.24) is 5.32 Å². The summed E-state index contributed by atoms with van der Waals surface area (Å²) < 4.78 is 36.2. The van der Waals surface area contributed by atoms with Gasteiger partial charge in [0.1, 0.15) is 0 Å². The maximum absolute atomic E-state index is 12.1. The lowest BCUT2D eigenvalue weighted by Gasteiger charge is -2.31. The molecule has 17 heavy (non-hydrogen) atoms. The molecule has 1 atom stereocenters. The van der Waals surface area contributed by atoms with E-state index in [1.165, 1.54) is 0 Å². The smallest absolute Gasteiger partial charge is 0.314 e. The second kappa shape index (κ2) is 6.88. The van der Waals surface area contributed by atoms with Crippen molar-refractivity contribution >= 4 is 11.8 Å². The van der Waals surface area contributed by atoms with E-state index in [0.717, 1.165) is 6.54 Å². The lowest BCUT2D eigenvalue weighted by molar-refractivity contribution is -0.0329. The van der Waals surface area contributed by atoms with Crippen molar-refractivity contribution in [3.63, 3.8) is 0 Å². The number of hydrogen-bond donors (Lipinski definition) is 1. The molecule has 0 spiro atoms. The Bertz CT molecular complexity index is 209. The first kappa shape index (κ1) is 17.1. The topological polar surface area (TPSA) is 12.0 Å². The summed E-state index contributed by atoms with van der Waals surface area (Å²) in [4.78, 5) is 0. The fourth-order valence-corrected chi connectivity index (χ4v) is 2.17. The molecule has 0 fully saturated rings. The van der Waals surface area contributed by atoms with Gasteiger partial charge in [0.05, 0.1) is 0 Å². The highest BCUT2D eigenvalue weighted by molar-refractivity contribution is 8.00. The van der Waals surface area contributed by atoms with Gasteiger partial charge < -0.3 is 5.32 Å². The van der Waals surface area contributed by atoms with Crippen molar-refractivity contribution in [3.05, 3.63) is 0 Å². The molecular weight excluding hydrogens is 247 g/mol. The molecule has 0 aromatic rings. The van der Waals surface area contributed by atoms with E-state index in [4.69, 9.17) is 0 Å². The Labute approximate surface area is 107 Å². The van der Waals surface area contributed by atoms with Gasteiger partial charge in [-0.15, -0.1) is 0 Å². The Morgan fingerprint density at radius 2 is 1.65 bits per heavy atom. The summed E-state index contributed by atoms with van der Waals surface area (Å²) in [6.45, 7) is 11.1. The molecule has 0 saturated carbocycles. The minimum absolute atomic E-state index is 0.0358. The molecule has 0 rings (SSSR count). The first-order valence-electron chi connectivity index (χ1n) is 5.96. The van der Waals surface area contributed by atoms with Crippen LogP contribution in [-0.4, -0.2) is 23.8 Å². The number of nitrogens with one attached hydrogen (secondary N) is 1. The lowest BCUT2D eigenvalue weighted by atomic mass is 9.79. The number of alkyl halides is 3. The zero-order chi connectivity index (χ0) is 13.7. The minimum atomic E-state index is -4.10. The van der Waals surface area contributed by atoms with Crippen LogP contribution in [0.25, 0.3) is 0 Å². The fourth-order valence-electron chi connectivity index (χ4n) is 1.54. The maximum Gasteiger partial charge on any atom is 0.441 e. The highest BCUT2D eigenvalue weighted by Gasteiger charge is 2.30. The van der Waals surface area contributed by atoms with E-state index in [0.29, 0.717) is 12.5 Å². The van der Waals surface area contributed by atoms with Crippen LogP contribution in [0.5, 0.6) is 0 Å². The van der Waals surface area contributed by atoms with Crippen LogP contribution >= 0.6 is 11.8 Å². The maximum atomic E-state index is 12.1. The van der Waals surface area contributed by atoms with Gasteiger partial charge in [-0.25, -0.2) is 0 Å². The first-order chi connectivity index (χ1) is 7.52. The molecule has 0 aliphatic rings. The third-order valence-corrected chi connectivity index (χ3v) is 3.50. The van der Waals surface area contributed by atoms with Gasteiger partial charge >= 0.3 is 5.51 Å². The third-order valence-electron chi connectivity index (χ3n) is 2.73. The van der Waals surface area contributed by atoms with E-state index in [1.54, 1.807) is 0 Å². The van der Waals surface area contributed by atoms with E-state index >= 15 is 0 Å². The molecule has 5 heteroatoms. The SMILES string of the molecule is CC(C)NCC(CCSC(F)(F)F)C(C)(C)C. The Morgan fingerprint density at radius 3 is 2.00 bits per heavy atom. The molecule has 0 amide bonds. The molecule has 0 bridgehead atoms. The Hall–Kier alpha value is 0.100. The molecule has 0 aromatic heterocycles. The van der Waals surface area contributed by atoms with Crippen molar-refractivity contribution in [1.29, 1.82) is 0 Å². The largest absolute Gasteiger partial charge is 0.441 e. The van der Waals surface area contributed by atoms with Crippen LogP contribution in [0.3, 0.4) is 0 Å². The highest BCUT2D eigenvalue weighted by Crippen LogP contribution is 2.34. The molecule has 0 aliphatic heterocycles. The zero-order valence-electron chi connectivity index (χ0n) is 11.3. The molecule has 0 radical (unpaired) electrons. The van der Waals surface area contributed by atoms with Crippen LogP contribution in [0.1, 0.15) is 41.0 Å². The molecule has 0 aliphatic carbocycles. The van der Waals surface area contributed by atoms with Crippen molar-refractivity contribution < 1.29 is 13.2 Å². The molecule has 1 N–H and O–H groups in total. The summed E-state index contributed by atoms with van der Waals surface area (Å²) in [6, 6.07) is 0.370. The van der Waals surface area contributed by atoms with Crippen molar-refractivity contribution in [2.45, 2.75) is 52.6 Å². The van der Waals surface area contributed by atoms with Crippen molar-refractivity contribution in [2.24, 2.45) is 11.3 Å². The van der Waals surface area contributed by atoms with Gasteiger partial charge in [0, 0.05) is 11.8 Å². The van der Waals surface area contributed by atoms with Crippen LogP contribution in [0.15, 0.2) is 0 Å². The van der Waals surface area contributed by atoms with Crippen LogP contribution in [0, 0.1) is 11.3 Å². The van der Waals surface area contributed by atoms with Crippen LogP contribution in [0.4, 0.5) is 13.2 Å². The van der Waals surface area contributed by atoms with Gasteiger partial charge in [-0.1, -0.05) is 46.4 Å². The fraction of sp³-hybridized carbons (Fsp3) is 1.00. The van der Waals surface area contributed by atoms with Gasteiger partial charge in [0.2, 0.25) is 0 Å². The second-order valence-electron chi connectivity index (χ2n) is 5.71. The Morgan fingerprint density at radius 1 is 1.12 bits per heavy atom. The van der Waals surface area contributed by atoms with Crippen molar-refractivity contribution in [3.8, 4) is 0 Å². The standard InChI is InChI=1S/C12H24F3NS/c1-9(2)16-8-10(11(3,4)5)6-7-17-12(13,14)15/h9-10,16H,6-8H2,1-5H3. The number of halogens is 3. The van der Waals surface area contributed by atoms with Crippen molar-refractivity contribution in [2.75, 3.05) is 12.3 Å². The predicted octanol–water partition coefficient (Wildman–Crippen LogP) is 4.29. The zero-order valence-corrected chi connectivity index (χ0v) is 12.1. The Kier molecular flexibility index (Phi) is 6.92. The van der Waals surface area contributed by atoms with E-state index in [9.17, 15) is 13.2 Å². The monoisotopic (exact) mass is 271 g/mol. The van der Waals surface area contributed by atoms with Gasteiger partial charge in [0.15, 0.2) is 0 Å². The molecule has 0 aromatic carbocycles. The number of rotatable bonds is 6. The average molecular weight is 271 g/mol. The average Bonchev–Trinajstić information content (AvgIpc) is 2.06. The minimum Gasteiger partial charge on any atom is -0.314 e. The molecular formula is C12H24F3NS. The summed E-state index contributed by atoms with van der Waals surface area (Å²) in [5, 5.41) is 3.31. The third kappa shape index (κ3) is 9.77. The van der Waals surface area contributed by atoms with E-state index < -0.39 is 5.51 Å².